The predicted molar refractivity (Wildman–Crippen MR) is 118 cm³/mol. The fourth-order valence-corrected chi connectivity index (χ4v) is 4.37. The number of carbonyl (C=O) groups excluding carboxylic acids is 2. The lowest BCUT2D eigenvalue weighted by molar-refractivity contribution is -0.117. The molecule has 5 nitrogen and oxygen atoms in total. The summed E-state index contributed by atoms with van der Waals surface area (Å²) in [5, 5.41) is 8.00. The Kier molecular flexibility index (Phi) is 5.58. The SMILES string of the molecule is CC(=O)Nc1sc(NC(=O)C2CC2c2ccc(Cl)cc2)nc1-c1ccc(Cl)cc1. The lowest BCUT2D eigenvalue weighted by Gasteiger charge is -2.02. The molecule has 0 bridgehead atoms. The average Bonchev–Trinajstić information content (AvgIpc) is 3.39. The van der Waals surface area contributed by atoms with Crippen molar-refractivity contribution < 1.29 is 9.59 Å². The Morgan fingerprint density at radius 2 is 1.62 bits per heavy atom. The minimum absolute atomic E-state index is 0.0734. The van der Waals surface area contributed by atoms with Crippen LogP contribution in [0.4, 0.5) is 10.1 Å². The number of halogens is 2. The highest BCUT2D eigenvalue weighted by Crippen LogP contribution is 2.48. The van der Waals surface area contributed by atoms with Gasteiger partial charge in [-0.2, -0.15) is 0 Å². The quantitative estimate of drug-likeness (QED) is 0.519. The van der Waals surface area contributed by atoms with Crippen LogP contribution in [-0.2, 0) is 9.59 Å². The van der Waals surface area contributed by atoms with Crippen molar-refractivity contribution in [2.75, 3.05) is 10.6 Å². The summed E-state index contributed by atoms with van der Waals surface area (Å²) in [6.45, 7) is 1.44. The van der Waals surface area contributed by atoms with Crippen LogP contribution < -0.4 is 10.6 Å². The molecule has 2 aromatic carbocycles. The third-order valence-electron chi connectivity index (χ3n) is 4.69. The molecular weight excluding hydrogens is 429 g/mol. The van der Waals surface area contributed by atoms with Gasteiger partial charge in [0.05, 0.1) is 0 Å². The van der Waals surface area contributed by atoms with Crippen LogP contribution in [-0.4, -0.2) is 16.8 Å². The smallest absolute Gasteiger partial charge is 0.229 e. The number of amides is 2. The molecule has 1 saturated carbocycles. The highest BCUT2D eigenvalue weighted by Gasteiger charge is 2.44. The number of benzene rings is 2. The first kappa shape index (κ1) is 19.9. The van der Waals surface area contributed by atoms with Crippen molar-refractivity contribution >= 4 is 56.5 Å². The van der Waals surface area contributed by atoms with Gasteiger partial charge < -0.3 is 10.6 Å². The van der Waals surface area contributed by atoms with Crippen molar-refractivity contribution in [1.29, 1.82) is 0 Å². The Bertz CT molecular complexity index is 1060. The number of nitrogens with zero attached hydrogens (tertiary/aromatic N) is 1. The largest absolute Gasteiger partial charge is 0.316 e. The van der Waals surface area contributed by atoms with Crippen LogP contribution >= 0.6 is 34.5 Å². The highest BCUT2D eigenvalue weighted by molar-refractivity contribution is 7.20. The van der Waals surface area contributed by atoms with E-state index >= 15 is 0 Å². The molecule has 0 radical (unpaired) electrons. The third-order valence-corrected chi connectivity index (χ3v) is 6.08. The summed E-state index contributed by atoms with van der Waals surface area (Å²) in [6, 6.07) is 14.7. The van der Waals surface area contributed by atoms with Crippen LogP contribution in [0.1, 0.15) is 24.8 Å². The topological polar surface area (TPSA) is 71.1 Å². The van der Waals surface area contributed by atoms with Crippen molar-refractivity contribution in [1.82, 2.24) is 4.98 Å². The van der Waals surface area contributed by atoms with Crippen molar-refractivity contribution in [3.63, 3.8) is 0 Å². The van der Waals surface area contributed by atoms with Crippen molar-refractivity contribution in [2.45, 2.75) is 19.3 Å². The standard InChI is InChI=1S/C21H17Cl2N3O2S/c1-11(27)24-20-18(13-4-8-15(23)9-5-13)25-21(29-20)26-19(28)17-10-16(17)12-2-6-14(22)7-3-12/h2-9,16-17H,10H2,1H3,(H,24,27)(H,25,26,28). The van der Waals surface area contributed by atoms with E-state index in [1.165, 1.54) is 18.3 Å². The molecule has 1 fully saturated rings. The van der Waals surface area contributed by atoms with Crippen LogP contribution in [0.3, 0.4) is 0 Å². The van der Waals surface area contributed by atoms with E-state index in [1.807, 2.05) is 36.4 Å². The van der Waals surface area contributed by atoms with E-state index in [1.54, 1.807) is 12.1 Å². The number of rotatable bonds is 5. The molecule has 148 valence electrons. The molecule has 2 atom stereocenters. The summed E-state index contributed by atoms with van der Waals surface area (Å²) in [7, 11) is 0. The fourth-order valence-electron chi connectivity index (χ4n) is 3.18. The molecule has 0 aliphatic heterocycles. The summed E-state index contributed by atoms with van der Waals surface area (Å²) < 4.78 is 0. The second kappa shape index (κ2) is 8.14. The second-order valence-electron chi connectivity index (χ2n) is 6.87. The number of thiazole rings is 1. The average molecular weight is 446 g/mol. The first-order chi connectivity index (χ1) is 13.9. The summed E-state index contributed by atoms with van der Waals surface area (Å²) in [4.78, 5) is 28.8. The Balaban J connectivity index is 1.51. The fraction of sp³-hybridized carbons (Fsp3) is 0.190. The maximum Gasteiger partial charge on any atom is 0.229 e. The van der Waals surface area contributed by atoms with Crippen LogP contribution in [0.2, 0.25) is 10.0 Å². The van der Waals surface area contributed by atoms with Gasteiger partial charge >= 0.3 is 0 Å². The number of aromatic nitrogens is 1. The van der Waals surface area contributed by atoms with Crippen LogP contribution in [0.25, 0.3) is 11.3 Å². The normalized spacial score (nSPS) is 17.6. The van der Waals surface area contributed by atoms with Crippen LogP contribution in [0.5, 0.6) is 0 Å². The minimum Gasteiger partial charge on any atom is -0.316 e. The highest BCUT2D eigenvalue weighted by atomic mass is 35.5. The van der Waals surface area contributed by atoms with Gasteiger partial charge in [-0.05, 0) is 42.2 Å². The zero-order chi connectivity index (χ0) is 20.5. The summed E-state index contributed by atoms with van der Waals surface area (Å²) in [6.07, 6.45) is 0.793. The molecule has 0 spiro atoms. The molecular formula is C21H17Cl2N3O2S. The molecule has 2 amide bonds. The molecule has 2 unspecified atom stereocenters. The maximum absolute atomic E-state index is 12.7. The molecule has 8 heteroatoms. The van der Waals surface area contributed by atoms with E-state index in [9.17, 15) is 9.59 Å². The van der Waals surface area contributed by atoms with Crippen molar-refractivity contribution in [3.8, 4) is 11.3 Å². The molecule has 0 saturated heterocycles. The van der Waals surface area contributed by atoms with E-state index in [2.05, 4.69) is 15.6 Å². The summed E-state index contributed by atoms with van der Waals surface area (Å²) in [5.74, 6) is -0.177. The Morgan fingerprint density at radius 1 is 1.00 bits per heavy atom. The maximum atomic E-state index is 12.7. The molecule has 1 heterocycles. The number of nitrogens with one attached hydrogen (secondary N) is 2. The Hall–Kier alpha value is -2.41. The van der Waals surface area contributed by atoms with Gasteiger partial charge in [-0.1, -0.05) is 58.8 Å². The lowest BCUT2D eigenvalue weighted by Crippen LogP contribution is -2.14. The van der Waals surface area contributed by atoms with Gasteiger partial charge in [0.25, 0.3) is 0 Å². The van der Waals surface area contributed by atoms with Crippen molar-refractivity contribution in [2.24, 2.45) is 5.92 Å². The first-order valence-corrected chi connectivity index (χ1v) is 10.6. The monoisotopic (exact) mass is 445 g/mol. The lowest BCUT2D eigenvalue weighted by atomic mass is 10.1. The van der Waals surface area contributed by atoms with Gasteiger partial charge in [0.1, 0.15) is 10.7 Å². The van der Waals surface area contributed by atoms with E-state index < -0.39 is 0 Å². The summed E-state index contributed by atoms with van der Waals surface area (Å²) >= 11 is 13.1. The zero-order valence-electron chi connectivity index (χ0n) is 15.4. The molecule has 1 aromatic heterocycles. The first-order valence-electron chi connectivity index (χ1n) is 9.01. The second-order valence-corrected chi connectivity index (χ2v) is 8.75. The zero-order valence-corrected chi connectivity index (χ0v) is 17.7. The molecule has 4 rings (SSSR count). The van der Waals surface area contributed by atoms with Crippen molar-refractivity contribution in [3.05, 3.63) is 64.1 Å². The van der Waals surface area contributed by atoms with Gasteiger partial charge in [-0.25, -0.2) is 4.98 Å². The van der Waals surface area contributed by atoms with E-state index in [4.69, 9.17) is 23.2 Å². The molecule has 2 N–H and O–H groups in total. The molecule has 29 heavy (non-hydrogen) atoms. The third kappa shape index (κ3) is 4.61. The van der Waals surface area contributed by atoms with E-state index in [0.717, 1.165) is 17.5 Å². The number of hydrogen-bond acceptors (Lipinski definition) is 4. The van der Waals surface area contributed by atoms with Crippen LogP contribution in [0, 0.1) is 5.92 Å². The van der Waals surface area contributed by atoms with Gasteiger partial charge in [-0.3, -0.25) is 9.59 Å². The number of hydrogen-bond donors (Lipinski definition) is 2. The van der Waals surface area contributed by atoms with Gasteiger partial charge in [0.2, 0.25) is 11.8 Å². The number of carbonyl (C=O) groups is 2. The Morgan fingerprint density at radius 3 is 2.24 bits per heavy atom. The van der Waals surface area contributed by atoms with Gasteiger partial charge in [-0.15, -0.1) is 0 Å². The summed E-state index contributed by atoms with van der Waals surface area (Å²) in [5.41, 5.74) is 2.51. The Labute approximate surface area is 182 Å². The molecule has 1 aliphatic carbocycles. The molecule has 1 aliphatic rings. The van der Waals surface area contributed by atoms with Gasteiger partial charge in [0.15, 0.2) is 5.13 Å². The predicted octanol–water partition coefficient (Wildman–Crippen LogP) is 5.82. The van der Waals surface area contributed by atoms with E-state index in [0.29, 0.717) is 25.9 Å². The minimum atomic E-state index is -0.202. The van der Waals surface area contributed by atoms with Gasteiger partial charge in [0, 0.05) is 28.5 Å². The van der Waals surface area contributed by atoms with Crippen LogP contribution in [0.15, 0.2) is 48.5 Å². The molecule has 3 aromatic rings. The van der Waals surface area contributed by atoms with E-state index in [-0.39, 0.29) is 23.7 Å². The number of anilines is 2.